The summed E-state index contributed by atoms with van der Waals surface area (Å²) in [4.78, 5) is 15.9. The van der Waals surface area contributed by atoms with Gasteiger partial charge in [0.15, 0.2) is 0 Å². The third-order valence-electron chi connectivity index (χ3n) is 4.38. The van der Waals surface area contributed by atoms with Gasteiger partial charge in [-0.25, -0.2) is 0 Å². The molecule has 1 atom stereocenters. The van der Waals surface area contributed by atoms with Crippen LogP contribution in [0.5, 0.6) is 0 Å². The van der Waals surface area contributed by atoms with Gasteiger partial charge in [0.05, 0.1) is 18.1 Å². The van der Waals surface area contributed by atoms with Crippen LogP contribution in [-0.4, -0.2) is 51.3 Å². The predicted octanol–water partition coefficient (Wildman–Crippen LogP) is 3.30. The van der Waals surface area contributed by atoms with Gasteiger partial charge < -0.3 is 19.3 Å². The highest BCUT2D eigenvalue weighted by atomic mass is 32.2. The minimum atomic E-state index is -0.250. The van der Waals surface area contributed by atoms with Crippen LogP contribution in [0.3, 0.4) is 0 Å². The van der Waals surface area contributed by atoms with Crippen LogP contribution >= 0.6 is 11.8 Å². The number of nitrogens with zero attached hydrogens (tertiary/aromatic N) is 4. The standard InChI is InChI=1S/C18H21N5O2S.CH2O2/c1-2-10-23(9-1)15(16-4-3-11-24-16)12-20-18-22-21-17(25-18)13-26-14-5-7-19-8-6-14;2-1-3/h3-8,11,15H,1-2,9-10,12-13H2,(H,20,22);1H,(H,2,3). The fourth-order valence-electron chi connectivity index (χ4n) is 3.09. The van der Waals surface area contributed by atoms with E-state index in [0.717, 1.165) is 23.7 Å². The molecule has 4 rings (SSSR count). The molecule has 0 aliphatic carbocycles. The monoisotopic (exact) mass is 417 g/mol. The van der Waals surface area contributed by atoms with Crippen molar-refractivity contribution in [2.75, 3.05) is 25.0 Å². The highest BCUT2D eigenvalue weighted by Gasteiger charge is 2.25. The largest absolute Gasteiger partial charge is 0.483 e. The van der Waals surface area contributed by atoms with Gasteiger partial charge in [-0.15, -0.1) is 16.9 Å². The Morgan fingerprint density at radius 1 is 1.24 bits per heavy atom. The maximum atomic E-state index is 8.36. The number of hydrogen-bond acceptors (Lipinski definition) is 9. The SMILES string of the molecule is O=CO.c1coc(C(CNc2nnc(CSc3ccncc3)o2)N2CCCC2)c1. The van der Waals surface area contributed by atoms with Crippen LogP contribution in [-0.2, 0) is 10.5 Å². The number of carboxylic acid groups (broad SMARTS) is 1. The smallest absolute Gasteiger partial charge is 0.315 e. The highest BCUT2D eigenvalue weighted by Crippen LogP contribution is 2.26. The molecule has 0 spiro atoms. The van der Waals surface area contributed by atoms with Crippen molar-refractivity contribution in [2.24, 2.45) is 0 Å². The third-order valence-corrected chi connectivity index (χ3v) is 5.38. The Hall–Kier alpha value is -2.85. The third kappa shape index (κ3) is 6.33. The lowest BCUT2D eigenvalue weighted by atomic mass is 10.2. The van der Waals surface area contributed by atoms with Gasteiger partial charge in [-0.3, -0.25) is 14.7 Å². The number of rotatable bonds is 8. The zero-order valence-corrected chi connectivity index (χ0v) is 16.6. The first kappa shape index (κ1) is 20.9. The maximum absolute atomic E-state index is 8.36. The van der Waals surface area contributed by atoms with Crippen molar-refractivity contribution in [2.45, 2.75) is 29.5 Å². The molecule has 0 radical (unpaired) electrons. The summed E-state index contributed by atoms with van der Waals surface area (Å²) < 4.78 is 11.3. The highest BCUT2D eigenvalue weighted by molar-refractivity contribution is 7.98. The molecular formula is C19H23N5O4S. The Morgan fingerprint density at radius 2 is 2.00 bits per heavy atom. The number of pyridine rings is 1. The van der Waals surface area contributed by atoms with E-state index in [1.807, 2.05) is 24.3 Å². The van der Waals surface area contributed by atoms with Gasteiger partial charge in [-0.2, -0.15) is 0 Å². The van der Waals surface area contributed by atoms with Gasteiger partial charge in [-0.1, -0.05) is 5.10 Å². The average Bonchev–Trinajstić information content (AvgIpc) is 3.52. The van der Waals surface area contributed by atoms with Crippen LogP contribution in [0.15, 0.2) is 56.7 Å². The van der Waals surface area contributed by atoms with E-state index in [9.17, 15) is 0 Å². The first-order chi connectivity index (χ1) is 14.3. The molecule has 10 heteroatoms. The quantitative estimate of drug-likeness (QED) is 0.417. The van der Waals surface area contributed by atoms with Crippen molar-refractivity contribution in [1.82, 2.24) is 20.1 Å². The maximum Gasteiger partial charge on any atom is 0.315 e. The number of carbonyl (C=O) groups is 1. The summed E-state index contributed by atoms with van der Waals surface area (Å²) in [6.07, 6.45) is 7.73. The van der Waals surface area contributed by atoms with Crippen molar-refractivity contribution in [1.29, 1.82) is 0 Å². The summed E-state index contributed by atoms with van der Waals surface area (Å²) in [6, 6.07) is 8.50. The fourth-order valence-corrected chi connectivity index (χ4v) is 3.81. The van der Waals surface area contributed by atoms with Crippen molar-refractivity contribution in [3.8, 4) is 0 Å². The first-order valence-electron chi connectivity index (χ1n) is 9.24. The van der Waals surface area contributed by atoms with Gasteiger partial charge >= 0.3 is 6.01 Å². The van der Waals surface area contributed by atoms with Gasteiger partial charge in [0.2, 0.25) is 5.89 Å². The summed E-state index contributed by atoms with van der Waals surface area (Å²) in [7, 11) is 0. The molecular weight excluding hydrogens is 394 g/mol. The molecule has 0 aromatic carbocycles. The molecule has 1 fully saturated rings. The molecule has 0 amide bonds. The minimum absolute atomic E-state index is 0.175. The number of thioether (sulfide) groups is 1. The van der Waals surface area contributed by atoms with Crippen molar-refractivity contribution in [3.63, 3.8) is 0 Å². The van der Waals surface area contributed by atoms with Crippen molar-refractivity contribution in [3.05, 3.63) is 54.6 Å². The molecule has 0 saturated carbocycles. The zero-order valence-electron chi connectivity index (χ0n) is 15.8. The molecule has 9 nitrogen and oxygen atoms in total. The number of furan rings is 1. The topological polar surface area (TPSA) is 118 Å². The van der Waals surface area contributed by atoms with Crippen LogP contribution in [0, 0.1) is 0 Å². The van der Waals surface area contributed by atoms with Crippen LogP contribution in [0.4, 0.5) is 6.01 Å². The number of nitrogens with one attached hydrogen (secondary N) is 1. The molecule has 1 unspecified atom stereocenters. The normalized spacial score (nSPS) is 14.8. The number of anilines is 1. The van der Waals surface area contributed by atoms with Gasteiger partial charge in [0, 0.05) is 23.8 Å². The molecule has 3 aromatic rings. The lowest BCUT2D eigenvalue weighted by molar-refractivity contribution is -0.122. The fraction of sp³-hybridized carbons (Fsp3) is 0.368. The molecule has 1 saturated heterocycles. The zero-order chi connectivity index (χ0) is 20.3. The van der Waals surface area contributed by atoms with E-state index < -0.39 is 0 Å². The molecule has 154 valence electrons. The Kier molecular flexibility index (Phi) is 8.08. The second-order valence-corrected chi connectivity index (χ2v) is 7.28. The van der Waals surface area contributed by atoms with E-state index in [0.29, 0.717) is 24.2 Å². The summed E-state index contributed by atoms with van der Waals surface area (Å²) in [5, 5.41) is 18.4. The van der Waals surface area contributed by atoms with E-state index in [-0.39, 0.29) is 12.5 Å². The lowest BCUT2D eigenvalue weighted by Crippen LogP contribution is -2.30. The van der Waals surface area contributed by atoms with E-state index in [2.05, 4.69) is 25.4 Å². The Morgan fingerprint density at radius 3 is 2.69 bits per heavy atom. The number of hydrogen-bond donors (Lipinski definition) is 2. The average molecular weight is 417 g/mol. The summed E-state index contributed by atoms with van der Waals surface area (Å²) in [5.41, 5.74) is 0. The van der Waals surface area contributed by atoms with E-state index in [1.165, 1.54) is 12.8 Å². The summed E-state index contributed by atoms with van der Waals surface area (Å²) in [5.74, 6) is 2.20. The minimum Gasteiger partial charge on any atom is -0.483 e. The van der Waals surface area contributed by atoms with Crippen LogP contribution < -0.4 is 5.32 Å². The molecule has 1 aliphatic heterocycles. The van der Waals surface area contributed by atoms with Gasteiger partial charge in [0.1, 0.15) is 5.76 Å². The van der Waals surface area contributed by atoms with E-state index in [4.69, 9.17) is 18.7 Å². The van der Waals surface area contributed by atoms with Crippen molar-refractivity contribution >= 4 is 24.2 Å². The van der Waals surface area contributed by atoms with Gasteiger partial charge in [0.25, 0.3) is 6.47 Å². The molecule has 4 heterocycles. The number of likely N-dealkylation sites (tertiary alicyclic amines) is 1. The Bertz CT molecular complexity index is 837. The van der Waals surface area contributed by atoms with Gasteiger partial charge in [-0.05, 0) is 50.2 Å². The molecule has 3 aromatic heterocycles. The van der Waals surface area contributed by atoms with Crippen LogP contribution in [0.25, 0.3) is 0 Å². The second-order valence-electron chi connectivity index (χ2n) is 6.23. The van der Waals surface area contributed by atoms with Crippen LogP contribution in [0.2, 0.25) is 0 Å². The molecule has 0 bridgehead atoms. The summed E-state index contributed by atoms with van der Waals surface area (Å²) in [6.45, 7) is 2.60. The molecule has 2 N–H and O–H groups in total. The van der Waals surface area contributed by atoms with Crippen molar-refractivity contribution < 1.29 is 18.7 Å². The van der Waals surface area contributed by atoms with E-state index >= 15 is 0 Å². The summed E-state index contributed by atoms with van der Waals surface area (Å²) >= 11 is 1.64. The Labute approximate surface area is 172 Å². The Balaban J connectivity index is 0.000000755. The van der Waals surface area contributed by atoms with Crippen LogP contribution in [0.1, 0.15) is 30.5 Å². The van der Waals surface area contributed by atoms with E-state index in [1.54, 1.807) is 30.4 Å². The molecule has 1 aliphatic rings. The lowest BCUT2D eigenvalue weighted by Gasteiger charge is -2.25. The predicted molar refractivity (Wildman–Crippen MR) is 108 cm³/mol. The molecule has 29 heavy (non-hydrogen) atoms. The second kappa shape index (κ2) is 11.2. The number of aromatic nitrogens is 3. The first-order valence-corrected chi connectivity index (χ1v) is 10.2.